The van der Waals surface area contributed by atoms with Gasteiger partial charge in [-0.1, -0.05) is 48.5 Å². The zero-order valence-corrected chi connectivity index (χ0v) is 38.6. The molecule has 0 radical (unpaired) electrons. The van der Waals surface area contributed by atoms with Gasteiger partial charge in [-0.05, 0) is 61.4 Å². The number of nitriles is 1. The molecule has 20 heteroatoms. The van der Waals surface area contributed by atoms with Crippen LogP contribution in [0.15, 0.2) is 80.6 Å². The number of aryl methyl sites for hydroxylation is 2. The summed E-state index contributed by atoms with van der Waals surface area (Å²) in [4.78, 5) is 48.4. The van der Waals surface area contributed by atoms with E-state index >= 15 is 8.78 Å². The fourth-order valence-corrected chi connectivity index (χ4v) is 9.26. The number of hydrogen-bond donors (Lipinski definition) is 2. The van der Waals surface area contributed by atoms with Gasteiger partial charge in [-0.25, -0.2) is 28.7 Å². The molecule has 2 aliphatic heterocycles. The Morgan fingerprint density at radius 1 is 0.691 bits per heavy atom. The van der Waals surface area contributed by atoms with Crippen LogP contribution in [0.2, 0.25) is 10.0 Å². The van der Waals surface area contributed by atoms with E-state index in [-0.39, 0.29) is 43.8 Å². The third-order valence-corrected chi connectivity index (χ3v) is 12.5. The first-order valence-corrected chi connectivity index (χ1v) is 22.0. The molecule has 2 amide bonds. The quantitative estimate of drug-likeness (QED) is 0.152. The van der Waals surface area contributed by atoms with Crippen molar-refractivity contribution < 1.29 is 22.8 Å². The molecule has 68 heavy (non-hydrogen) atoms. The maximum Gasteiger partial charge on any atom is 0.246 e. The van der Waals surface area contributed by atoms with Gasteiger partial charge in [-0.3, -0.25) is 19.8 Å². The van der Waals surface area contributed by atoms with Gasteiger partial charge in [0.1, 0.15) is 35.3 Å². The van der Waals surface area contributed by atoms with Gasteiger partial charge < -0.3 is 19.6 Å². The van der Waals surface area contributed by atoms with E-state index < -0.39 is 17.6 Å². The second-order valence-electron chi connectivity index (χ2n) is 15.8. The first-order valence-electron chi connectivity index (χ1n) is 21.3. The lowest BCUT2D eigenvalue weighted by atomic mass is 9.95. The van der Waals surface area contributed by atoms with Crippen molar-refractivity contribution in [3.8, 4) is 28.3 Å². The van der Waals surface area contributed by atoms with Gasteiger partial charge in [0.05, 0.1) is 38.7 Å². The molecule has 8 aromatic rings. The molecular formula is C48H42Cl2F3N13O2. The van der Waals surface area contributed by atoms with Gasteiger partial charge in [0, 0.05) is 97.7 Å². The van der Waals surface area contributed by atoms with E-state index in [2.05, 4.69) is 53.5 Å². The molecule has 0 unspecified atom stereocenters. The third-order valence-electron chi connectivity index (χ3n) is 11.9. The number of hydrogen-bond acceptors (Lipinski definition) is 11. The highest BCUT2D eigenvalue weighted by atomic mass is 35.5. The van der Waals surface area contributed by atoms with Crippen LogP contribution in [0.3, 0.4) is 0 Å². The Morgan fingerprint density at radius 3 is 1.66 bits per heavy atom. The highest BCUT2D eigenvalue weighted by Gasteiger charge is 2.28. The number of carbonyl (C=O) groups is 2. The normalized spacial score (nSPS) is 13.8. The minimum atomic E-state index is -0.658. The molecule has 2 saturated heterocycles. The Labute approximate surface area is 397 Å². The largest absolute Gasteiger partial charge is 0.352 e. The predicted octanol–water partition coefficient (Wildman–Crippen LogP) is 8.89. The number of nitrogens with one attached hydrogen (secondary N) is 2. The van der Waals surface area contributed by atoms with Gasteiger partial charge in [-0.2, -0.15) is 19.8 Å². The SMILES string of the molecule is C=CC(=O)N1CCN(c2ncnc3c(F)c(-c4c(C)ccc5[nH]ncc45)c(Cl)cc23)CC1.C=CC(=O)N1CCN(c2ncnc3c(F)c(-c4c(C)ccc5n[nH]c(F)c45)c(Cl)cc23)CC1.CC#N. The molecule has 2 N–H and O–H groups in total. The number of aromatic nitrogens is 8. The summed E-state index contributed by atoms with van der Waals surface area (Å²) < 4.78 is 46.3. The molecule has 2 aliphatic rings. The van der Waals surface area contributed by atoms with E-state index in [4.69, 9.17) is 28.5 Å². The summed E-state index contributed by atoms with van der Waals surface area (Å²) in [6, 6.07) is 12.3. The molecule has 4 aromatic heterocycles. The molecule has 0 aliphatic carbocycles. The summed E-state index contributed by atoms with van der Waals surface area (Å²) in [5, 5.41) is 22.9. The number of H-pyrrole nitrogens is 2. The van der Waals surface area contributed by atoms with E-state index in [0.29, 0.717) is 103 Å². The molecule has 15 nitrogen and oxygen atoms in total. The van der Waals surface area contributed by atoms with E-state index in [1.165, 1.54) is 31.7 Å². The number of aromatic amines is 2. The van der Waals surface area contributed by atoms with Crippen LogP contribution in [0.4, 0.5) is 24.8 Å². The number of halogens is 5. The van der Waals surface area contributed by atoms with Crippen molar-refractivity contribution in [2.45, 2.75) is 20.8 Å². The standard InChI is InChI=1S/C23H19ClF2N6O.C23H20ClFN6O.C2H3N/c1-3-16(33)31-6-8-32(9-7-31)23-13-10-14(24)18(20(25)21(13)27-11-28-23)17-12(2)4-5-15-19(17)22(26)30-29-15;1-3-18(32)30-6-8-31(9-7-30)23-14-10-16(24)20(21(25)22(14)26-12-27-23)19-13(2)4-5-17-15(19)11-28-29-17;1-2-3/h3-5,10-11H,1,6-9H2,2H3,(H,29,30);3-5,10-12H,1,6-9H2,2H3,(H,28,29);1H3. The number of benzene rings is 4. The Kier molecular flexibility index (Phi) is 13.6. The molecule has 346 valence electrons. The summed E-state index contributed by atoms with van der Waals surface area (Å²) in [7, 11) is 0. The summed E-state index contributed by atoms with van der Waals surface area (Å²) in [5.41, 5.74) is 4.40. The van der Waals surface area contributed by atoms with Crippen molar-refractivity contribution in [2.75, 3.05) is 62.2 Å². The smallest absolute Gasteiger partial charge is 0.246 e. The van der Waals surface area contributed by atoms with Crippen molar-refractivity contribution in [3.63, 3.8) is 0 Å². The van der Waals surface area contributed by atoms with Gasteiger partial charge in [0.2, 0.25) is 17.8 Å². The minimum Gasteiger partial charge on any atom is -0.352 e. The zero-order valence-electron chi connectivity index (χ0n) is 37.0. The van der Waals surface area contributed by atoms with Crippen LogP contribution in [-0.2, 0) is 9.59 Å². The first kappa shape index (κ1) is 46.9. The number of nitrogens with zero attached hydrogens (tertiary/aromatic N) is 11. The summed E-state index contributed by atoms with van der Waals surface area (Å²) in [5.74, 6) is -0.897. The van der Waals surface area contributed by atoms with Crippen LogP contribution in [0.25, 0.3) is 65.9 Å². The highest BCUT2D eigenvalue weighted by molar-refractivity contribution is 6.35. The lowest BCUT2D eigenvalue weighted by molar-refractivity contribution is -0.127. The maximum atomic E-state index is 15.9. The van der Waals surface area contributed by atoms with Crippen LogP contribution >= 0.6 is 23.2 Å². The van der Waals surface area contributed by atoms with Crippen molar-refractivity contribution in [1.82, 2.24) is 50.1 Å². The van der Waals surface area contributed by atoms with Crippen LogP contribution in [0.1, 0.15) is 18.1 Å². The highest BCUT2D eigenvalue weighted by Crippen LogP contribution is 2.44. The maximum absolute atomic E-state index is 15.9. The van der Waals surface area contributed by atoms with Gasteiger partial charge in [0.25, 0.3) is 0 Å². The van der Waals surface area contributed by atoms with Crippen molar-refractivity contribution in [1.29, 1.82) is 5.26 Å². The molecule has 6 heterocycles. The van der Waals surface area contributed by atoms with Crippen molar-refractivity contribution >= 4 is 90.3 Å². The van der Waals surface area contributed by atoms with Gasteiger partial charge in [0.15, 0.2) is 11.6 Å². The second kappa shape index (κ2) is 19.7. The van der Waals surface area contributed by atoms with Gasteiger partial charge >= 0.3 is 0 Å². The topological polar surface area (TPSA) is 180 Å². The number of rotatable bonds is 6. The fourth-order valence-electron chi connectivity index (χ4n) is 8.69. The van der Waals surface area contributed by atoms with Crippen LogP contribution < -0.4 is 9.80 Å². The molecular weight excluding hydrogens is 919 g/mol. The first-order chi connectivity index (χ1) is 32.8. The number of fused-ring (bicyclic) bond motifs is 4. The molecule has 0 atom stereocenters. The van der Waals surface area contributed by atoms with Crippen LogP contribution in [0.5, 0.6) is 0 Å². The Bertz CT molecular complexity index is 3340. The Balaban J connectivity index is 0.000000174. The molecule has 0 saturated carbocycles. The van der Waals surface area contributed by atoms with E-state index in [0.717, 1.165) is 16.5 Å². The molecule has 2 fully saturated rings. The number of piperazine rings is 2. The van der Waals surface area contributed by atoms with E-state index in [1.807, 2.05) is 28.9 Å². The molecule has 4 aromatic carbocycles. The zero-order chi connectivity index (χ0) is 48.4. The van der Waals surface area contributed by atoms with E-state index in [1.54, 1.807) is 53.3 Å². The van der Waals surface area contributed by atoms with Crippen molar-refractivity contribution in [2.24, 2.45) is 0 Å². The molecule has 0 spiro atoms. The minimum absolute atomic E-state index is 0.0682. The fraction of sp³-hybridized carbons (Fsp3) is 0.229. The monoisotopic (exact) mass is 959 g/mol. The predicted molar refractivity (Wildman–Crippen MR) is 258 cm³/mol. The van der Waals surface area contributed by atoms with Crippen LogP contribution in [-0.4, -0.2) is 114 Å². The summed E-state index contributed by atoms with van der Waals surface area (Å²) in [6.07, 6.45) is 6.94. The van der Waals surface area contributed by atoms with Crippen LogP contribution in [0, 0.1) is 42.8 Å². The molecule has 10 rings (SSSR count). The average Bonchev–Trinajstić information content (AvgIpc) is 3.99. The lowest BCUT2D eigenvalue weighted by Gasteiger charge is -2.35. The third kappa shape index (κ3) is 8.61. The van der Waals surface area contributed by atoms with Gasteiger partial charge in [-0.15, -0.1) is 0 Å². The Morgan fingerprint density at radius 2 is 1.16 bits per heavy atom. The van der Waals surface area contributed by atoms with E-state index in [9.17, 15) is 14.0 Å². The number of carbonyl (C=O) groups excluding carboxylic acids is 2. The van der Waals surface area contributed by atoms with Crippen molar-refractivity contribution in [3.05, 3.63) is 119 Å². The average molecular weight is 961 g/mol. The Hall–Kier alpha value is -7.62. The summed E-state index contributed by atoms with van der Waals surface area (Å²) >= 11 is 13.3. The summed E-state index contributed by atoms with van der Waals surface area (Å²) in [6.45, 7) is 16.4. The lowest BCUT2D eigenvalue weighted by Crippen LogP contribution is -2.48. The number of anilines is 2. The molecule has 0 bridgehead atoms. The number of amides is 2. The second-order valence-corrected chi connectivity index (χ2v) is 16.6.